The Kier molecular flexibility index (Phi) is 6.00. The Labute approximate surface area is 109 Å². The lowest BCUT2D eigenvalue weighted by molar-refractivity contribution is 0.587. The Morgan fingerprint density at radius 1 is 1.18 bits per heavy atom. The molecule has 0 fully saturated rings. The quantitative estimate of drug-likeness (QED) is 0.716. The molecule has 0 radical (unpaired) electrons. The van der Waals surface area contributed by atoms with Gasteiger partial charge in [-0.2, -0.15) is 0 Å². The summed E-state index contributed by atoms with van der Waals surface area (Å²) in [5.74, 6) is 1.10. The predicted octanol–water partition coefficient (Wildman–Crippen LogP) is 3.22. The maximum Gasteiger partial charge on any atom is 0.150 e. The fourth-order valence-electron chi connectivity index (χ4n) is 1.79. The van der Waals surface area contributed by atoms with Crippen molar-refractivity contribution in [3.63, 3.8) is 0 Å². The smallest absolute Gasteiger partial charge is 0.150 e. The summed E-state index contributed by atoms with van der Waals surface area (Å²) in [5, 5.41) is 0. The van der Waals surface area contributed by atoms with E-state index in [1.165, 1.54) is 0 Å². The molecular weight excluding hydrogens is 256 g/mol. The largest absolute Gasteiger partial charge is 0.229 e. The Morgan fingerprint density at radius 2 is 1.82 bits per heavy atom. The van der Waals surface area contributed by atoms with Crippen molar-refractivity contribution in [1.29, 1.82) is 0 Å². The van der Waals surface area contributed by atoms with Crippen molar-refractivity contribution in [1.82, 2.24) is 0 Å². The zero-order chi connectivity index (χ0) is 12.7. The first-order valence-electron chi connectivity index (χ1n) is 5.90. The number of hydrogen-bond acceptors (Lipinski definition) is 2. The van der Waals surface area contributed by atoms with E-state index in [0.717, 1.165) is 5.56 Å². The molecule has 0 saturated carbocycles. The Bertz CT molecular complexity index is 414. The van der Waals surface area contributed by atoms with Gasteiger partial charge in [-0.15, -0.1) is 11.6 Å². The molecule has 0 spiro atoms. The van der Waals surface area contributed by atoms with E-state index in [2.05, 4.69) is 0 Å². The van der Waals surface area contributed by atoms with Crippen LogP contribution >= 0.6 is 11.6 Å². The second kappa shape index (κ2) is 7.02. The van der Waals surface area contributed by atoms with Crippen molar-refractivity contribution in [3.05, 3.63) is 35.9 Å². The zero-order valence-corrected chi connectivity index (χ0v) is 11.7. The molecule has 0 bridgehead atoms. The van der Waals surface area contributed by atoms with Crippen molar-refractivity contribution >= 4 is 21.4 Å². The van der Waals surface area contributed by atoms with Crippen molar-refractivity contribution in [3.8, 4) is 0 Å². The molecule has 1 aromatic carbocycles. The fraction of sp³-hybridized carbons (Fsp3) is 0.538. The number of rotatable bonds is 7. The molecule has 96 valence electrons. The number of halogens is 1. The van der Waals surface area contributed by atoms with Crippen LogP contribution in [0, 0.1) is 0 Å². The fourth-order valence-corrected chi connectivity index (χ4v) is 3.60. The summed E-state index contributed by atoms with van der Waals surface area (Å²) in [6.07, 6.45) is 1.29. The molecule has 0 aliphatic rings. The minimum absolute atomic E-state index is 0.129. The number of sulfone groups is 1. The highest BCUT2D eigenvalue weighted by Crippen LogP contribution is 2.21. The molecule has 0 amide bonds. The lowest BCUT2D eigenvalue weighted by Gasteiger charge is -2.14. The average molecular weight is 275 g/mol. The van der Waals surface area contributed by atoms with Gasteiger partial charge in [-0.25, -0.2) is 8.42 Å². The average Bonchev–Trinajstić information content (AvgIpc) is 2.31. The van der Waals surface area contributed by atoms with Gasteiger partial charge in [-0.05, 0) is 24.3 Å². The van der Waals surface area contributed by atoms with Crippen molar-refractivity contribution in [2.75, 3.05) is 17.4 Å². The van der Waals surface area contributed by atoms with Crippen LogP contribution < -0.4 is 0 Å². The molecule has 17 heavy (non-hydrogen) atoms. The van der Waals surface area contributed by atoms with Gasteiger partial charge in [-0.3, -0.25) is 0 Å². The van der Waals surface area contributed by atoms with Crippen molar-refractivity contribution in [2.24, 2.45) is 0 Å². The summed E-state index contributed by atoms with van der Waals surface area (Å²) in [7, 11) is -2.90. The molecule has 0 aliphatic carbocycles. The maximum atomic E-state index is 11.6. The molecule has 0 aliphatic heterocycles. The molecular formula is C13H19ClO2S. The molecule has 0 heterocycles. The third-order valence-electron chi connectivity index (χ3n) is 2.75. The minimum Gasteiger partial charge on any atom is -0.229 e. The third-order valence-corrected chi connectivity index (χ3v) is 5.01. The van der Waals surface area contributed by atoms with Crippen LogP contribution in [0.3, 0.4) is 0 Å². The first-order valence-corrected chi connectivity index (χ1v) is 8.26. The van der Waals surface area contributed by atoms with E-state index in [1.807, 2.05) is 37.3 Å². The highest BCUT2D eigenvalue weighted by molar-refractivity contribution is 7.91. The van der Waals surface area contributed by atoms with Gasteiger partial charge in [0.1, 0.15) is 9.84 Å². The highest BCUT2D eigenvalue weighted by Gasteiger charge is 2.15. The van der Waals surface area contributed by atoms with Crippen LogP contribution in [0.25, 0.3) is 0 Å². The summed E-state index contributed by atoms with van der Waals surface area (Å²) in [4.78, 5) is 0. The normalized spacial score (nSPS) is 13.5. The first-order chi connectivity index (χ1) is 8.09. The van der Waals surface area contributed by atoms with Crippen LogP contribution in [0.15, 0.2) is 30.3 Å². The molecule has 4 heteroatoms. The van der Waals surface area contributed by atoms with Gasteiger partial charge in [0.25, 0.3) is 0 Å². The molecule has 1 rings (SSSR count). The van der Waals surface area contributed by atoms with Gasteiger partial charge in [-0.1, -0.05) is 37.3 Å². The SMILES string of the molecule is CCCS(=O)(=O)CCC(CCl)c1ccccc1. The van der Waals surface area contributed by atoms with E-state index in [-0.39, 0.29) is 17.4 Å². The van der Waals surface area contributed by atoms with Crippen molar-refractivity contribution in [2.45, 2.75) is 25.7 Å². The summed E-state index contributed by atoms with van der Waals surface area (Å²) in [5.41, 5.74) is 1.12. The van der Waals surface area contributed by atoms with Crippen LogP contribution in [0.1, 0.15) is 31.2 Å². The van der Waals surface area contributed by atoms with Gasteiger partial charge in [0.15, 0.2) is 0 Å². The minimum atomic E-state index is -2.90. The van der Waals surface area contributed by atoms with Crippen molar-refractivity contribution < 1.29 is 8.42 Å². The third kappa shape index (κ3) is 5.09. The number of alkyl halides is 1. The first kappa shape index (κ1) is 14.5. The van der Waals surface area contributed by atoms with E-state index in [9.17, 15) is 8.42 Å². The highest BCUT2D eigenvalue weighted by atomic mass is 35.5. The van der Waals surface area contributed by atoms with Gasteiger partial charge >= 0.3 is 0 Å². The molecule has 1 aromatic rings. The van der Waals surface area contributed by atoms with E-state index >= 15 is 0 Å². The van der Waals surface area contributed by atoms with E-state index in [0.29, 0.717) is 18.7 Å². The molecule has 0 saturated heterocycles. The number of hydrogen-bond donors (Lipinski definition) is 0. The summed E-state index contributed by atoms with van der Waals surface area (Å²) in [6.45, 7) is 1.88. The Morgan fingerprint density at radius 3 is 2.35 bits per heavy atom. The maximum absolute atomic E-state index is 11.6. The molecule has 0 N–H and O–H groups in total. The molecule has 1 atom stereocenters. The Hall–Kier alpha value is -0.540. The topological polar surface area (TPSA) is 34.1 Å². The van der Waals surface area contributed by atoms with Crippen LogP contribution in [-0.4, -0.2) is 25.8 Å². The van der Waals surface area contributed by atoms with E-state index in [1.54, 1.807) is 0 Å². The van der Waals surface area contributed by atoms with Crippen LogP contribution in [0.4, 0.5) is 0 Å². The zero-order valence-electron chi connectivity index (χ0n) is 10.1. The lowest BCUT2D eigenvalue weighted by Crippen LogP contribution is -2.14. The van der Waals surface area contributed by atoms with Crippen LogP contribution in [0.5, 0.6) is 0 Å². The lowest BCUT2D eigenvalue weighted by atomic mass is 9.99. The molecule has 2 nitrogen and oxygen atoms in total. The second-order valence-electron chi connectivity index (χ2n) is 4.20. The summed E-state index contributed by atoms with van der Waals surface area (Å²) >= 11 is 5.91. The summed E-state index contributed by atoms with van der Waals surface area (Å²) < 4.78 is 23.3. The van der Waals surface area contributed by atoms with Gasteiger partial charge < -0.3 is 0 Å². The standard InChI is InChI=1S/C13H19ClO2S/c1-2-9-17(15,16)10-8-13(11-14)12-6-4-3-5-7-12/h3-7,13H,2,8-11H2,1H3. The summed E-state index contributed by atoms with van der Waals surface area (Å²) in [6, 6.07) is 9.85. The Balaban J connectivity index is 2.60. The van der Waals surface area contributed by atoms with E-state index in [4.69, 9.17) is 11.6 Å². The van der Waals surface area contributed by atoms with Crippen LogP contribution in [-0.2, 0) is 9.84 Å². The number of benzene rings is 1. The van der Waals surface area contributed by atoms with E-state index < -0.39 is 9.84 Å². The van der Waals surface area contributed by atoms with Gasteiger partial charge in [0.2, 0.25) is 0 Å². The molecule has 0 aromatic heterocycles. The van der Waals surface area contributed by atoms with Gasteiger partial charge in [0.05, 0.1) is 5.75 Å². The predicted molar refractivity (Wildman–Crippen MR) is 73.5 cm³/mol. The van der Waals surface area contributed by atoms with Crippen LogP contribution in [0.2, 0.25) is 0 Å². The van der Waals surface area contributed by atoms with Gasteiger partial charge in [0, 0.05) is 11.6 Å². The second-order valence-corrected chi connectivity index (χ2v) is 6.81. The molecule has 1 unspecified atom stereocenters. The monoisotopic (exact) mass is 274 g/mol.